The van der Waals surface area contributed by atoms with Crippen LogP contribution in [0.5, 0.6) is 0 Å². The molecule has 20 heavy (non-hydrogen) atoms. The number of aryl methyl sites for hydroxylation is 1. The second-order valence-electron chi connectivity index (χ2n) is 5.73. The van der Waals surface area contributed by atoms with Gasteiger partial charge in [-0.2, -0.15) is 5.10 Å². The summed E-state index contributed by atoms with van der Waals surface area (Å²) in [5.74, 6) is 0.246. The lowest BCUT2D eigenvalue weighted by atomic mass is 10.1. The SMILES string of the molecule is CC(CCn1cccn1)N[C@@H](C)C(=O)N1CCCCC1. The number of rotatable bonds is 6. The van der Waals surface area contributed by atoms with Gasteiger partial charge < -0.3 is 10.2 Å². The molecule has 5 nitrogen and oxygen atoms in total. The van der Waals surface area contributed by atoms with Crippen molar-refractivity contribution in [2.75, 3.05) is 13.1 Å². The molecule has 1 amide bonds. The van der Waals surface area contributed by atoms with Crippen LogP contribution in [-0.2, 0) is 11.3 Å². The highest BCUT2D eigenvalue weighted by Gasteiger charge is 2.22. The zero-order valence-corrected chi connectivity index (χ0v) is 12.6. The molecule has 1 saturated heterocycles. The summed E-state index contributed by atoms with van der Waals surface area (Å²) in [4.78, 5) is 14.3. The first kappa shape index (κ1) is 15.0. The Labute approximate surface area is 121 Å². The predicted molar refractivity (Wildman–Crippen MR) is 79.3 cm³/mol. The third kappa shape index (κ3) is 4.34. The van der Waals surface area contributed by atoms with Crippen LogP contribution in [-0.4, -0.2) is 45.8 Å². The quantitative estimate of drug-likeness (QED) is 0.861. The topological polar surface area (TPSA) is 50.2 Å². The van der Waals surface area contributed by atoms with Gasteiger partial charge in [0.2, 0.25) is 5.91 Å². The number of nitrogens with zero attached hydrogens (tertiary/aromatic N) is 3. The maximum atomic E-state index is 12.3. The number of aromatic nitrogens is 2. The fraction of sp³-hybridized carbons (Fsp3) is 0.733. The molecule has 0 aliphatic carbocycles. The minimum absolute atomic E-state index is 0.0966. The molecular weight excluding hydrogens is 252 g/mol. The second kappa shape index (κ2) is 7.43. The van der Waals surface area contributed by atoms with Gasteiger partial charge in [0, 0.05) is 38.1 Å². The number of likely N-dealkylation sites (tertiary alicyclic amines) is 1. The minimum atomic E-state index is -0.0966. The fourth-order valence-electron chi connectivity index (χ4n) is 2.73. The van der Waals surface area contributed by atoms with E-state index in [0.717, 1.165) is 38.9 Å². The summed E-state index contributed by atoms with van der Waals surface area (Å²) < 4.78 is 1.93. The molecule has 1 N–H and O–H groups in total. The average molecular weight is 278 g/mol. The molecule has 0 radical (unpaired) electrons. The molecule has 112 valence electrons. The number of amides is 1. The van der Waals surface area contributed by atoms with Gasteiger partial charge >= 0.3 is 0 Å². The molecule has 1 aliphatic heterocycles. The Bertz CT molecular complexity index is 398. The number of carbonyl (C=O) groups excluding carboxylic acids is 1. The largest absolute Gasteiger partial charge is 0.341 e. The van der Waals surface area contributed by atoms with E-state index in [1.165, 1.54) is 6.42 Å². The standard InChI is InChI=1S/C15H26N4O/c1-13(7-12-19-11-6-8-16-19)17-14(2)15(20)18-9-4-3-5-10-18/h6,8,11,13-14,17H,3-5,7,9-10,12H2,1-2H3/t13?,14-/m0/s1. The number of carbonyl (C=O) groups is 1. The monoisotopic (exact) mass is 278 g/mol. The van der Waals surface area contributed by atoms with E-state index in [1.54, 1.807) is 6.20 Å². The maximum Gasteiger partial charge on any atom is 0.239 e. The van der Waals surface area contributed by atoms with Crippen molar-refractivity contribution in [3.05, 3.63) is 18.5 Å². The highest BCUT2D eigenvalue weighted by molar-refractivity contribution is 5.81. The van der Waals surface area contributed by atoms with Crippen molar-refractivity contribution in [1.29, 1.82) is 0 Å². The lowest BCUT2D eigenvalue weighted by Gasteiger charge is -2.30. The fourth-order valence-corrected chi connectivity index (χ4v) is 2.73. The first-order chi connectivity index (χ1) is 9.66. The first-order valence-electron chi connectivity index (χ1n) is 7.69. The van der Waals surface area contributed by atoms with Crippen molar-refractivity contribution in [2.45, 2.75) is 58.2 Å². The summed E-state index contributed by atoms with van der Waals surface area (Å²) in [6.07, 6.45) is 8.28. The Hall–Kier alpha value is -1.36. The van der Waals surface area contributed by atoms with E-state index < -0.39 is 0 Å². The van der Waals surface area contributed by atoms with E-state index in [9.17, 15) is 4.79 Å². The molecule has 2 heterocycles. The Kier molecular flexibility index (Phi) is 5.59. The van der Waals surface area contributed by atoms with Gasteiger partial charge in [0.25, 0.3) is 0 Å². The van der Waals surface area contributed by atoms with Gasteiger partial charge in [0.15, 0.2) is 0 Å². The minimum Gasteiger partial charge on any atom is -0.341 e. The van der Waals surface area contributed by atoms with Crippen LogP contribution in [0, 0.1) is 0 Å². The van der Waals surface area contributed by atoms with Crippen LogP contribution < -0.4 is 5.32 Å². The van der Waals surface area contributed by atoms with E-state index in [0.29, 0.717) is 6.04 Å². The Morgan fingerprint density at radius 1 is 1.30 bits per heavy atom. The number of hydrogen-bond donors (Lipinski definition) is 1. The molecule has 1 aliphatic rings. The molecule has 0 aromatic carbocycles. The third-order valence-corrected chi connectivity index (χ3v) is 3.92. The molecule has 2 atom stereocenters. The van der Waals surface area contributed by atoms with Crippen molar-refractivity contribution in [3.8, 4) is 0 Å². The van der Waals surface area contributed by atoms with Crippen LogP contribution >= 0.6 is 0 Å². The zero-order valence-electron chi connectivity index (χ0n) is 12.6. The normalized spacial score (nSPS) is 18.8. The van der Waals surface area contributed by atoms with Crippen LogP contribution in [0.2, 0.25) is 0 Å². The van der Waals surface area contributed by atoms with Gasteiger partial charge in [-0.1, -0.05) is 0 Å². The summed E-state index contributed by atoms with van der Waals surface area (Å²) in [5.41, 5.74) is 0. The molecule has 2 rings (SSSR count). The number of piperidine rings is 1. The highest BCUT2D eigenvalue weighted by Crippen LogP contribution is 2.10. The summed E-state index contributed by atoms with van der Waals surface area (Å²) in [5, 5.41) is 7.60. The van der Waals surface area contributed by atoms with Crippen molar-refractivity contribution < 1.29 is 4.79 Å². The van der Waals surface area contributed by atoms with Gasteiger partial charge in [0.05, 0.1) is 6.04 Å². The summed E-state index contributed by atoms with van der Waals surface area (Å²) in [6.45, 7) is 6.83. The number of hydrogen-bond acceptors (Lipinski definition) is 3. The van der Waals surface area contributed by atoms with E-state index in [-0.39, 0.29) is 11.9 Å². The van der Waals surface area contributed by atoms with Crippen LogP contribution in [0.25, 0.3) is 0 Å². The predicted octanol–water partition coefficient (Wildman–Crippen LogP) is 1.65. The molecule has 1 aromatic heterocycles. The van der Waals surface area contributed by atoms with Gasteiger partial charge in [-0.25, -0.2) is 0 Å². The molecule has 0 saturated carbocycles. The van der Waals surface area contributed by atoms with Gasteiger partial charge in [-0.3, -0.25) is 9.48 Å². The molecule has 5 heteroatoms. The smallest absolute Gasteiger partial charge is 0.239 e. The Balaban J connectivity index is 1.72. The van der Waals surface area contributed by atoms with E-state index in [2.05, 4.69) is 17.3 Å². The van der Waals surface area contributed by atoms with Gasteiger partial charge in [-0.05, 0) is 45.6 Å². The lowest BCUT2D eigenvalue weighted by Crippen LogP contribution is -2.49. The van der Waals surface area contributed by atoms with Crippen LogP contribution in [0.4, 0.5) is 0 Å². The number of nitrogens with one attached hydrogen (secondary N) is 1. The lowest BCUT2D eigenvalue weighted by molar-refractivity contribution is -0.134. The van der Waals surface area contributed by atoms with Gasteiger partial charge in [-0.15, -0.1) is 0 Å². The van der Waals surface area contributed by atoms with Crippen molar-refractivity contribution in [3.63, 3.8) is 0 Å². The molecular formula is C15H26N4O. The van der Waals surface area contributed by atoms with Crippen LogP contribution in [0.3, 0.4) is 0 Å². The molecule has 0 bridgehead atoms. The van der Waals surface area contributed by atoms with E-state index in [4.69, 9.17) is 0 Å². The summed E-state index contributed by atoms with van der Waals surface area (Å²) >= 11 is 0. The molecule has 0 spiro atoms. The summed E-state index contributed by atoms with van der Waals surface area (Å²) in [6, 6.07) is 2.14. The second-order valence-corrected chi connectivity index (χ2v) is 5.73. The van der Waals surface area contributed by atoms with E-state index >= 15 is 0 Å². The molecule has 1 fully saturated rings. The maximum absolute atomic E-state index is 12.3. The van der Waals surface area contributed by atoms with Crippen molar-refractivity contribution in [1.82, 2.24) is 20.0 Å². The first-order valence-corrected chi connectivity index (χ1v) is 7.69. The van der Waals surface area contributed by atoms with Crippen LogP contribution in [0.1, 0.15) is 39.5 Å². The van der Waals surface area contributed by atoms with E-state index in [1.807, 2.05) is 28.8 Å². The van der Waals surface area contributed by atoms with Crippen molar-refractivity contribution >= 4 is 5.91 Å². The molecule has 1 aromatic rings. The average Bonchev–Trinajstić information content (AvgIpc) is 2.98. The Morgan fingerprint density at radius 2 is 2.05 bits per heavy atom. The highest BCUT2D eigenvalue weighted by atomic mass is 16.2. The van der Waals surface area contributed by atoms with Crippen LogP contribution in [0.15, 0.2) is 18.5 Å². The Morgan fingerprint density at radius 3 is 2.70 bits per heavy atom. The summed E-state index contributed by atoms with van der Waals surface area (Å²) in [7, 11) is 0. The zero-order chi connectivity index (χ0) is 14.4. The van der Waals surface area contributed by atoms with Gasteiger partial charge in [0.1, 0.15) is 0 Å². The molecule has 1 unspecified atom stereocenters. The van der Waals surface area contributed by atoms with Crippen molar-refractivity contribution in [2.24, 2.45) is 0 Å². The third-order valence-electron chi connectivity index (χ3n) is 3.92.